The Morgan fingerprint density at radius 2 is 2.42 bits per heavy atom. The highest BCUT2D eigenvalue weighted by molar-refractivity contribution is 7.99. The smallest absolute Gasteiger partial charge is 0.265 e. The molecule has 4 heterocycles. The van der Waals surface area contributed by atoms with Crippen molar-refractivity contribution in [3.05, 3.63) is 40.4 Å². The Balaban J connectivity index is 1.59. The molecule has 0 aromatic carbocycles. The van der Waals surface area contributed by atoms with Crippen LogP contribution in [0.15, 0.2) is 34.5 Å². The van der Waals surface area contributed by atoms with Gasteiger partial charge in [-0.3, -0.25) is 19.3 Å². The second-order valence-electron chi connectivity index (χ2n) is 5.59. The molecule has 1 amide bonds. The molecule has 0 bridgehead atoms. The van der Waals surface area contributed by atoms with Crippen molar-refractivity contribution in [2.45, 2.75) is 24.5 Å². The number of aromatic amines is 1. The van der Waals surface area contributed by atoms with Crippen LogP contribution in [0.1, 0.15) is 18.0 Å². The van der Waals surface area contributed by atoms with Crippen LogP contribution < -0.4 is 10.9 Å². The third-order valence-electron chi connectivity index (χ3n) is 3.94. The van der Waals surface area contributed by atoms with Gasteiger partial charge in [-0.25, -0.2) is 9.97 Å². The number of nitrogens with one attached hydrogen (secondary N) is 2. The van der Waals surface area contributed by atoms with Crippen molar-refractivity contribution in [2.75, 3.05) is 11.1 Å². The normalized spacial score (nSPS) is 16.3. The van der Waals surface area contributed by atoms with Crippen LogP contribution >= 0.6 is 11.8 Å². The molecule has 1 aliphatic heterocycles. The van der Waals surface area contributed by atoms with Gasteiger partial charge in [-0.15, -0.1) is 0 Å². The van der Waals surface area contributed by atoms with Crippen LogP contribution in [0.25, 0.3) is 11.0 Å². The van der Waals surface area contributed by atoms with Crippen molar-refractivity contribution in [2.24, 2.45) is 0 Å². The second-order valence-corrected chi connectivity index (χ2v) is 6.58. The van der Waals surface area contributed by atoms with E-state index in [1.807, 2.05) is 19.1 Å². The Morgan fingerprint density at radius 1 is 1.54 bits per heavy atom. The number of pyridine rings is 1. The number of anilines is 1. The lowest BCUT2D eigenvalue weighted by molar-refractivity contribution is -0.116. The number of hydrogen-bond donors (Lipinski definition) is 2. The molecule has 0 saturated heterocycles. The van der Waals surface area contributed by atoms with Crippen molar-refractivity contribution >= 4 is 34.5 Å². The molecule has 0 radical (unpaired) electrons. The van der Waals surface area contributed by atoms with Gasteiger partial charge >= 0.3 is 0 Å². The van der Waals surface area contributed by atoms with Gasteiger partial charge in [0.05, 0.1) is 12.2 Å². The molecule has 0 spiro atoms. The molecule has 3 aromatic heterocycles. The van der Waals surface area contributed by atoms with Gasteiger partial charge in [-0.2, -0.15) is 5.10 Å². The molecule has 0 aliphatic carbocycles. The molecule has 122 valence electrons. The first kappa shape index (κ1) is 14.9. The quantitative estimate of drug-likeness (QED) is 0.699. The fraction of sp³-hybridized carbons (Fsp3) is 0.267. The maximum atomic E-state index is 12.6. The lowest BCUT2D eigenvalue weighted by atomic mass is 10.2. The number of fused-ring (bicyclic) bond motifs is 2. The molecule has 9 heteroatoms. The van der Waals surface area contributed by atoms with E-state index in [1.165, 1.54) is 18.0 Å². The minimum absolute atomic E-state index is 0.166. The number of aromatic nitrogens is 5. The number of carbonyl (C=O) groups is 1. The third-order valence-corrected chi connectivity index (χ3v) is 5.04. The summed E-state index contributed by atoms with van der Waals surface area (Å²) < 4.78 is 1.59. The number of carbonyl (C=O) groups excluding carboxylic acids is 1. The Kier molecular flexibility index (Phi) is 3.57. The van der Waals surface area contributed by atoms with Gasteiger partial charge in [0.2, 0.25) is 5.91 Å². The Bertz CT molecular complexity index is 995. The summed E-state index contributed by atoms with van der Waals surface area (Å²) in [5, 5.41) is 10.4. The zero-order valence-electron chi connectivity index (χ0n) is 12.8. The summed E-state index contributed by atoms with van der Waals surface area (Å²) in [5.74, 6) is 1.01. The lowest BCUT2D eigenvalue weighted by Gasteiger charge is -2.13. The standard InChI is InChI=1S/C15H14N6O2S/c1-8-3-2-4-16-12(8)18-11(22)5-9-7-24-15-19-13-10(6-17-20-13)14(23)21(9)15/h2-4,6,9H,5,7H2,1H3,(H,17,20)(H,16,18,22). The molecular weight excluding hydrogens is 328 g/mol. The van der Waals surface area contributed by atoms with Gasteiger partial charge in [0.1, 0.15) is 11.2 Å². The van der Waals surface area contributed by atoms with Crippen LogP contribution in [-0.2, 0) is 4.79 Å². The molecule has 4 rings (SSSR count). The van der Waals surface area contributed by atoms with E-state index in [2.05, 4.69) is 25.5 Å². The first-order valence-corrected chi connectivity index (χ1v) is 8.42. The summed E-state index contributed by atoms with van der Waals surface area (Å²) in [6.07, 6.45) is 3.30. The molecule has 0 fully saturated rings. The summed E-state index contributed by atoms with van der Waals surface area (Å²) in [6, 6.07) is 3.47. The molecule has 1 unspecified atom stereocenters. The monoisotopic (exact) mass is 342 g/mol. The zero-order chi connectivity index (χ0) is 16.7. The second kappa shape index (κ2) is 5.75. The van der Waals surface area contributed by atoms with Crippen LogP contribution in [0.4, 0.5) is 5.82 Å². The number of aryl methyl sites for hydroxylation is 1. The van der Waals surface area contributed by atoms with Crippen LogP contribution in [0.2, 0.25) is 0 Å². The molecule has 2 N–H and O–H groups in total. The molecule has 24 heavy (non-hydrogen) atoms. The van der Waals surface area contributed by atoms with E-state index in [0.717, 1.165) is 5.56 Å². The van der Waals surface area contributed by atoms with Gasteiger partial charge in [-0.1, -0.05) is 17.8 Å². The predicted octanol–water partition coefficient (Wildman–Crippen LogP) is 1.50. The summed E-state index contributed by atoms with van der Waals surface area (Å²) in [7, 11) is 0. The number of hydrogen-bond acceptors (Lipinski definition) is 6. The highest BCUT2D eigenvalue weighted by Crippen LogP contribution is 2.33. The van der Waals surface area contributed by atoms with Crippen molar-refractivity contribution in [3.63, 3.8) is 0 Å². The van der Waals surface area contributed by atoms with Gasteiger partial charge in [-0.05, 0) is 18.6 Å². The van der Waals surface area contributed by atoms with Crippen LogP contribution in [0, 0.1) is 6.92 Å². The number of thioether (sulfide) groups is 1. The highest BCUT2D eigenvalue weighted by atomic mass is 32.2. The minimum atomic E-state index is -0.228. The lowest BCUT2D eigenvalue weighted by Crippen LogP contribution is -2.27. The Hall–Kier alpha value is -2.68. The van der Waals surface area contributed by atoms with Gasteiger partial charge < -0.3 is 5.32 Å². The van der Waals surface area contributed by atoms with Crippen molar-refractivity contribution < 1.29 is 4.79 Å². The maximum absolute atomic E-state index is 12.6. The van der Waals surface area contributed by atoms with E-state index in [4.69, 9.17) is 0 Å². The molecule has 0 saturated carbocycles. The molecule has 8 nitrogen and oxygen atoms in total. The Labute approximate surface area is 140 Å². The number of rotatable bonds is 3. The van der Waals surface area contributed by atoms with Crippen LogP contribution in [0.5, 0.6) is 0 Å². The van der Waals surface area contributed by atoms with E-state index in [1.54, 1.807) is 10.8 Å². The first-order valence-electron chi connectivity index (χ1n) is 7.43. The van der Waals surface area contributed by atoms with Crippen LogP contribution in [0.3, 0.4) is 0 Å². The highest BCUT2D eigenvalue weighted by Gasteiger charge is 2.29. The fourth-order valence-electron chi connectivity index (χ4n) is 2.72. The van der Waals surface area contributed by atoms with E-state index >= 15 is 0 Å². The molecule has 1 aliphatic rings. The SMILES string of the molecule is Cc1cccnc1NC(=O)CC1CSc2nc3[nH]ncc3c(=O)n21. The van der Waals surface area contributed by atoms with E-state index in [9.17, 15) is 9.59 Å². The first-order chi connectivity index (χ1) is 11.6. The minimum Gasteiger partial charge on any atom is -0.310 e. The average Bonchev–Trinajstić information content (AvgIpc) is 3.17. The predicted molar refractivity (Wildman–Crippen MR) is 90.1 cm³/mol. The van der Waals surface area contributed by atoms with Crippen molar-refractivity contribution in [3.8, 4) is 0 Å². The maximum Gasteiger partial charge on any atom is 0.265 e. The topological polar surface area (TPSA) is 106 Å². The van der Waals surface area contributed by atoms with Gasteiger partial charge in [0.15, 0.2) is 10.8 Å². The Morgan fingerprint density at radius 3 is 3.25 bits per heavy atom. The average molecular weight is 342 g/mol. The molecule has 1 atom stereocenters. The van der Waals surface area contributed by atoms with Crippen molar-refractivity contribution in [1.82, 2.24) is 24.7 Å². The largest absolute Gasteiger partial charge is 0.310 e. The summed E-state index contributed by atoms with van der Waals surface area (Å²) in [6.45, 7) is 1.88. The van der Waals surface area contributed by atoms with Gasteiger partial charge in [0.25, 0.3) is 5.56 Å². The van der Waals surface area contributed by atoms with Crippen molar-refractivity contribution in [1.29, 1.82) is 0 Å². The number of amides is 1. The number of nitrogens with zero attached hydrogens (tertiary/aromatic N) is 4. The van der Waals surface area contributed by atoms with E-state index in [0.29, 0.717) is 27.8 Å². The molecule has 3 aromatic rings. The molecular formula is C15H14N6O2S. The summed E-state index contributed by atoms with van der Waals surface area (Å²) in [5.41, 5.74) is 1.21. The van der Waals surface area contributed by atoms with Crippen LogP contribution in [-0.4, -0.2) is 36.4 Å². The third kappa shape index (κ3) is 2.46. The number of H-pyrrole nitrogens is 1. The van der Waals surface area contributed by atoms with Gasteiger partial charge in [0, 0.05) is 18.4 Å². The zero-order valence-corrected chi connectivity index (χ0v) is 13.6. The van der Waals surface area contributed by atoms with E-state index in [-0.39, 0.29) is 23.9 Å². The summed E-state index contributed by atoms with van der Waals surface area (Å²) in [4.78, 5) is 33.5. The summed E-state index contributed by atoms with van der Waals surface area (Å²) >= 11 is 1.47. The fourth-order valence-corrected chi connectivity index (χ4v) is 3.86. The van der Waals surface area contributed by atoms with E-state index < -0.39 is 0 Å².